The second-order valence-corrected chi connectivity index (χ2v) is 5.98. The van der Waals surface area contributed by atoms with Crippen LogP contribution in [0.1, 0.15) is 34.8 Å². The van der Waals surface area contributed by atoms with Gasteiger partial charge in [0.2, 0.25) is 0 Å². The summed E-state index contributed by atoms with van der Waals surface area (Å²) in [6.07, 6.45) is -3.64. The molecule has 0 unspecified atom stereocenters. The lowest BCUT2D eigenvalue weighted by Gasteiger charge is -2.12. The number of halogens is 3. The van der Waals surface area contributed by atoms with Crippen LogP contribution >= 0.6 is 0 Å². The molecule has 2 aromatic rings. The smallest absolute Gasteiger partial charge is 0.294 e. The first-order chi connectivity index (χ1) is 10.3. The van der Waals surface area contributed by atoms with Crippen molar-refractivity contribution in [3.63, 3.8) is 0 Å². The highest BCUT2D eigenvalue weighted by Gasteiger charge is 2.55. The van der Waals surface area contributed by atoms with Crippen LogP contribution in [-0.2, 0) is 11.6 Å². The fraction of sp³-hybridized carbons (Fsp3) is 0.278. The van der Waals surface area contributed by atoms with Gasteiger partial charge >= 0.3 is 6.18 Å². The van der Waals surface area contributed by atoms with Crippen LogP contribution in [0.25, 0.3) is 0 Å². The Bertz CT molecular complexity index is 689. The van der Waals surface area contributed by atoms with E-state index in [0.29, 0.717) is 5.56 Å². The standard InChI is InChI=1S/C18H15F3O/c1-17(13-5-3-2-4-6-13)11-15(17)16(22)12-7-9-14(10-8-12)18(19,20)21/h2-10,15H,11H2,1H3/t15-,17-/m0/s1. The van der Waals surface area contributed by atoms with Crippen LogP contribution in [0, 0.1) is 5.92 Å². The van der Waals surface area contributed by atoms with Gasteiger partial charge in [0.15, 0.2) is 5.78 Å². The average Bonchev–Trinajstić information content (AvgIpc) is 3.20. The normalized spacial score (nSPS) is 24.1. The molecule has 1 saturated carbocycles. The number of benzene rings is 2. The topological polar surface area (TPSA) is 17.1 Å². The van der Waals surface area contributed by atoms with E-state index in [1.54, 1.807) is 0 Å². The monoisotopic (exact) mass is 304 g/mol. The summed E-state index contributed by atoms with van der Waals surface area (Å²) in [5.74, 6) is -0.244. The largest absolute Gasteiger partial charge is 0.416 e. The third kappa shape index (κ3) is 2.54. The van der Waals surface area contributed by atoms with E-state index in [4.69, 9.17) is 0 Å². The second-order valence-electron chi connectivity index (χ2n) is 5.98. The van der Waals surface area contributed by atoms with Crippen molar-refractivity contribution in [2.75, 3.05) is 0 Å². The van der Waals surface area contributed by atoms with Crippen molar-refractivity contribution in [2.45, 2.75) is 24.9 Å². The van der Waals surface area contributed by atoms with Crippen molar-refractivity contribution >= 4 is 5.78 Å². The molecule has 0 saturated heterocycles. The molecule has 0 bridgehead atoms. The van der Waals surface area contributed by atoms with Gasteiger partial charge in [0.25, 0.3) is 0 Å². The lowest BCUT2D eigenvalue weighted by molar-refractivity contribution is -0.137. The number of Topliss-reactive ketones (excluding diaryl/α,β-unsaturated/α-hetero) is 1. The minimum absolute atomic E-state index is 0.0833. The third-order valence-corrected chi connectivity index (χ3v) is 4.48. The molecular formula is C18H15F3O. The summed E-state index contributed by atoms with van der Waals surface area (Å²) in [6.45, 7) is 2.02. The highest BCUT2D eigenvalue weighted by molar-refractivity contribution is 6.01. The Morgan fingerprint density at radius 1 is 1.05 bits per heavy atom. The van der Waals surface area contributed by atoms with E-state index in [1.165, 1.54) is 12.1 Å². The number of carbonyl (C=O) groups excluding carboxylic acids is 1. The number of ketones is 1. The van der Waals surface area contributed by atoms with Crippen molar-refractivity contribution in [3.8, 4) is 0 Å². The van der Waals surface area contributed by atoms with Crippen LogP contribution in [0.3, 0.4) is 0 Å². The van der Waals surface area contributed by atoms with Gasteiger partial charge in [-0.15, -0.1) is 0 Å². The average molecular weight is 304 g/mol. The number of carbonyl (C=O) groups is 1. The van der Waals surface area contributed by atoms with Crippen LogP contribution in [0.2, 0.25) is 0 Å². The molecule has 0 aromatic heterocycles. The minimum atomic E-state index is -4.38. The van der Waals surface area contributed by atoms with Crippen LogP contribution in [0.15, 0.2) is 54.6 Å². The number of alkyl halides is 3. The van der Waals surface area contributed by atoms with Gasteiger partial charge < -0.3 is 0 Å². The van der Waals surface area contributed by atoms with Gasteiger partial charge in [-0.3, -0.25) is 4.79 Å². The van der Waals surface area contributed by atoms with Crippen LogP contribution in [-0.4, -0.2) is 5.78 Å². The van der Waals surface area contributed by atoms with Gasteiger partial charge in [0.05, 0.1) is 5.56 Å². The summed E-state index contributed by atoms with van der Waals surface area (Å²) in [4.78, 5) is 12.5. The molecular weight excluding hydrogens is 289 g/mol. The van der Waals surface area contributed by atoms with Gasteiger partial charge in [-0.1, -0.05) is 49.4 Å². The van der Waals surface area contributed by atoms with E-state index in [1.807, 2.05) is 37.3 Å². The van der Waals surface area contributed by atoms with Gasteiger partial charge in [0.1, 0.15) is 0 Å². The summed E-state index contributed by atoms with van der Waals surface area (Å²) < 4.78 is 37.7. The van der Waals surface area contributed by atoms with Crippen LogP contribution in [0.4, 0.5) is 13.2 Å². The second kappa shape index (κ2) is 4.97. The van der Waals surface area contributed by atoms with E-state index in [0.717, 1.165) is 24.1 Å². The Morgan fingerprint density at radius 3 is 2.18 bits per heavy atom. The Kier molecular flexibility index (Phi) is 3.35. The van der Waals surface area contributed by atoms with Gasteiger partial charge in [-0.05, 0) is 24.1 Å². The maximum atomic E-state index is 12.6. The predicted molar refractivity (Wildman–Crippen MR) is 77.7 cm³/mol. The van der Waals surface area contributed by atoms with Gasteiger partial charge in [-0.2, -0.15) is 13.2 Å². The van der Waals surface area contributed by atoms with Crippen LogP contribution < -0.4 is 0 Å². The lowest BCUT2D eigenvalue weighted by atomic mass is 9.92. The predicted octanol–water partition coefficient (Wildman–Crippen LogP) is 4.87. The molecule has 0 heterocycles. The first-order valence-corrected chi connectivity index (χ1v) is 7.09. The van der Waals surface area contributed by atoms with Crippen molar-refractivity contribution < 1.29 is 18.0 Å². The molecule has 1 aliphatic carbocycles. The molecule has 114 valence electrons. The SMILES string of the molecule is C[C@@]1(c2ccccc2)C[C@H]1C(=O)c1ccc(C(F)(F)F)cc1. The molecule has 0 amide bonds. The highest BCUT2D eigenvalue weighted by atomic mass is 19.4. The zero-order valence-electron chi connectivity index (χ0n) is 12.0. The lowest BCUT2D eigenvalue weighted by Crippen LogP contribution is -2.12. The van der Waals surface area contributed by atoms with Gasteiger partial charge in [-0.25, -0.2) is 0 Å². The number of rotatable bonds is 3. The Hall–Kier alpha value is -2.10. The minimum Gasteiger partial charge on any atom is -0.294 e. The van der Waals surface area contributed by atoms with Gasteiger partial charge in [0, 0.05) is 16.9 Å². The Morgan fingerprint density at radius 2 is 1.64 bits per heavy atom. The zero-order chi connectivity index (χ0) is 16.0. The van der Waals surface area contributed by atoms with E-state index < -0.39 is 11.7 Å². The molecule has 1 aliphatic rings. The molecule has 0 spiro atoms. The summed E-state index contributed by atoms with van der Waals surface area (Å²) in [5.41, 5.74) is 0.504. The maximum absolute atomic E-state index is 12.6. The molecule has 2 aromatic carbocycles. The molecule has 0 aliphatic heterocycles. The molecule has 4 heteroatoms. The summed E-state index contributed by atoms with van der Waals surface area (Å²) in [5, 5.41) is 0. The Labute approximate surface area is 126 Å². The van der Waals surface area contributed by atoms with E-state index in [-0.39, 0.29) is 17.1 Å². The van der Waals surface area contributed by atoms with E-state index >= 15 is 0 Å². The third-order valence-electron chi connectivity index (χ3n) is 4.48. The molecule has 3 rings (SSSR count). The van der Waals surface area contributed by atoms with E-state index in [9.17, 15) is 18.0 Å². The van der Waals surface area contributed by atoms with E-state index in [2.05, 4.69) is 0 Å². The van der Waals surface area contributed by atoms with Crippen molar-refractivity contribution in [2.24, 2.45) is 5.92 Å². The molecule has 2 atom stereocenters. The molecule has 22 heavy (non-hydrogen) atoms. The maximum Gasteiger partial charge on any atom is 0.416 e. The van der Waals surface area contributed by atoms with Crippen molar-refractivity contribution in [1.29, 1.82) is 0 Å². The number of hydrogen-bond acceptors (Lipinski definition) is 1. The quantitative estimate of drug-likeness (QED) is 0.740. The number of hydrogen-bond donors (Lipinski definition) is 0. The molecule has 0 N–H and O–H groups in total. The highest BCUT2D eigenvalue weighted by Crippen LogP contribution is 2.55. The first-order valence-electron chi connectivity index (χ1n) is 7.09. The fourth-order valence-corrected chi connectivity index (χ4v) is 2.91. The van der Waals surface area contributed by atoms with Crippen molar-refractivity contribution in [3.05, 3.63) is 71.3 Å². The zero-order valence-corrected chi connectivity index (χ0v) is 12.0. The molecule has 1 fully saturated rings. The first kappa shape index (κ1) is 14.8. The molecule has 1 nitrogen and oxygen atoms in total. The molecule has 0 radical (unpaired) electrons. The van der Waals surface area contributed by atoms with Crippen LogP contribution in [0.5, 0.6) is 0 Å². The summed E-state index contributed by atoms with van der Waals surface area (Å²) >= 11 is 0. The summed E-state index contributed by atoms with van der Waals surface area (Å²) in [7, 11) is 0. The fourth-order valence-electron chi connectivity index (χ4n) is 2.91. The summed E-state index contributed by atoms with van der Waals surface area (Å²) in [6, 6.07) is 14.2. The Balaban J connectivity index is 1.79. The van der Waals surface area contributed by atoms with Crippen molar-refractivity contribution in [1.82, 2.24) is 0 Å².